The zero-order chi connectivity index (χ0) is 25.2. The van der Waals surface area contributed by atoms with E-state index in [0.717, 1.165) is 22.3 Å². The summed E-state index contributed by atoms with van der Waals surface area (Å²) in [5, 5.41) is 0.594. The van der Waals surface area contributed by atoms with Crippen molar-refractivity contribution in [1.82, 2.24) is 9.80 Å². The topological polar surface area (TPSA) is 59.1 Å². The minimum absolute atomic E-state index is 0.00955. The summed E-state index contributed by atoms with van der Waals surface area (Å²) < 4.78 is 11.1. The van der Waals surface area contributed by atoms with Gasteiger partial charge in [0.1, 0.15) is 0 Å². The normalized spacial score (nSPS) is 19.2. The third-order valence-electron chi connectivity index (χ3n) is 7.14. The zero-order valence-corrected chi connectivity index (χ0v) is 21.2. The Morgan fingerprint density at radius 1 is 0.972 bits per heavy atom. The molecular formula is C29H29ClN2O4. The molecule has 2 aliphatic heterocycles. The zero-order valence-electron chi connectivity index (χ0n) is 20.4. The van der Waals surface area contributed by atoms with Crippen LogP contribution in [0.2, 0.25) is 5.02 Å². The van der Waals surface area contributed by atoms with Gasteiger partial charge in [-0.1, -0.05) is 60.1 Å². The van der Waals surface area contributed by atoms with E-state index in [9.17, 15) is 9.59 Å². The van der Waals surface area contributed by atoms with Crippen LogP contribution in [0, 0.1) is 5.92 Å². The van der Waals surface area contributed by atoms with Crippen LogP contribution in [0.15, 0.2) is 66.7 Å². The van der Waals surface area contributed by atoms with Crippen LogP contribution in [-0.4, -0.2) is 48.9 Å². The maximum atomic E-state index is 14.0. The highest BCUT2D eigenvalue weighted by Crippen LogP contribution is 2.43. The van der Waals surface area contributed by atoms with Gasteiger partial charge < -0.3 is 19.3 Å². The Morgan fingerprint density at radius 2 is 1.67 bits per heavy atom. The first-order chi connectivity index (χ1) is 17.5. The molecule has 3 aromatic rings. The molecule has 0 N–H and O–H groups in total. The molecule has 5 rings (SSSR count). The van der Waals surface area contributed by atoms with Gasteiger partial charge in [-0.05, 0) is 46.9 Å². The summed E-state index contributed by atoms with van der Waals surface area (Å²) in [4.78, 5) is 30.5. The molecule has 3 aromatic carbocycles. The van der Waals surface area contributed by atoms with Crippen molar-refractivity contribution in [3.05, 3.63) is 94.0 Å². The lowest BCUT2D eigenvalue weighted by Crippen LogP contribution is -2.44. The van der Waals surface area contributed by atoms with Gasteiger partial charge in [-0.2, -0.15) is 0 Å². The minimum Gasteiger partial charge on any atom is -0.493 e. The summed E-state index contributed by atoms with van der Waals surface area (Å²) >= 11 is 6.67. The number of halogens is 1. The predicted octanol–water partition coefficient (Wildman–Crippen LogP) is 4.88. The van der Waals surface area contributed by atoms with Gasteiger partial charge in [-0.25, -0.2) is 0 Å². The smallest absolute Gasteiger partial charge is 0.228 e. The third kappa shape index (κ3) is 4.53. The molecule has 0 spiro atoms. The van der Waals surface area contributed by atoms with E-state index < -0.39 is 5.92 Å². The van der Waals surface area contributed by atoms with Gasteiger partial charge in [0.05, 0.1) is 26.2 Å². The number of methoxy groups -OCH3 is 2. The molecule has 2 heterocycles. The van der Waals surface area contributed by atoms with Crippen LogP contribution in [-0.2, 0) is 22.6 Å². The Kier molecular flexibility index (Phi) is 6.88. The van der Waals surface area contributed by atoms with Crippen molar-refractivity contribution in [2.24, 2.45) is 5.92 Å². The van der Waals surface area contributed by atoms with E-state index in [-0.39, 0.29) is 24.3 Å². The predicted molar refractivity (Wildman–Crippen MR) is 138 cm³/mol. The van der Waals surface area contributed by atoms with Crippen LogP contribution in [0.1, 0.15) is 34.7 Å². The number of benzene rings is 3. The van der Waals surface area contributed by atoms with Crippen molar-refractivity contribution in [2.45, 2.75) is 25.4 Å². The second-order valence-electron chi connectivity index (χ2n) is 9.27. The standard InChI is InChI=1S/C29H29ClN2O4/c1-35-25-14-20-12-13-32(28(23(20)16-26(25)36-2)22-10-6-7-11-24(22)30)29(34)21-15-27(33)31(18-21)17-19-8-4-3-5-9-19/h3-11,14,16,21,28H,12-13,15,17-18H2,1-2H3/t21-,28-/m0/s1. The quantitative estimate of drug-likeness (QED) is 0.480. The lowest BCUT2D eigenvalue weighted by molar-refractivity contribution is -0.137. The molecule has 1 saturated heterocycles. The highest BCUT2D eigenvalue weighted by molar-refractivity contribution is 6.31. The average molecular weight is 505 g/mol. The van der Waals surface area contributed by atoms with E-state index >= 15 is 0 Å². The maximum absolute atomic E-state index is 14.0. The van der Waals surface area contributed by atoms with Crippen LogP contribution >= 0.6 is 11.6 Å². The number of carbonyl (C=O) groups is 2. The third-order valence-corrected chi connectivity index (χ3v) is 7.48. The number of amides is 2. The Balaban J connectivity index is 1.48. The van der Waals surface area contributed by atoms with Crippen molar-refractivity contribution in [3.8, 4) is 11.5 Å². The number of fused-ring (bicyclic) bond motifs is 1. The number of carbonyl (C=O) groups excluding carboxylic acids is 2. The van der Waals surface area contributed by atoms with Gasteiger partial charge in [0.25, 0.3) is 0 Å². The van der Waals surface area contributed by atoms with Gasteiger partial charge in [-0.3, -0.25) is 9.59 Å². The molecule has 0 saturated carbocycles. The first-order valence-electron chi connectivity index (χ1n) is 12.1. The Bertz CT molecular complexity index is 1280. The van der Waals surface area contributed by atoms with Crippen LogP contribution in [0.4, 0.5) is 0 Å². The molecule has 0 bridgehead atoms. The average Bonchev–Trinajstić information content (AvgIpc) is 3.27. The van der Waals surface area contributed by atoms with Gasteiger partial charge in [0, 0.05) is 31.1 Å². The van der Waals surface area contributed by atoms with E-state index in [1.807, 2.05) is 71.6 Å². The fourth-order valence-corrected chi connectivity index (χ4v) is 5.58. The van der Waals surface area contributed by atoms with Crippen molar-refractivity contribution in [1.29, 1.82) is 0 Å². The fourth-order valence-electron chi connectivity index (χ4n) is 5.34. The fraction of sp³-hybridized carbons (Fsp3) is 0.310. The second kappa shape index (κ2) is 10.2. The number of likely N-dealkylation sites (tertiary alicyclic amines) is 1. The summed E-state index contributed by atoms with van der Waals surface area (Å²) in [6.45, 7) is 1.45. The monoisotopic (exact) mass is 504 g/mol. The minimum atomic E-state index is -0.395. The van der Waals surface area contributed by atoms with Gasteiger partial charge in [0.15, 0.2) is 11.5 Å². The van der Waals surface area contributed by atoms with Crippen LogP contribution in [0.25, 0.3) is 0 Å². The molecular weight excluding hydrogens is 476 g/mol. The number of rotatable bonds is 6. The number of nitrogens with zero attached hydrogens (tertiary/aromatic N) is 2. The summed E-state index contributed by atoms with van der Waals surface area (Å²) in [6, 6.07) is 21.0. The van der Waals surface area contributed by atoms with E-state index in [2.05, 4.69) is 0 Å². The van der Waals surface area contributed by atoms with Crippen LogP contribution < -0.4 is 9.47 Å². The lowest BCUT2D eigenvalue weighted by atomic mass is 9.86. The van der Waals surface area contributed by atoms with Gasteiger partial charge in [-0.15, -0.1) is 0 Å². The van der Waals surface area contributed by atoms with Crippen molar-refractivity contribution in [3.63, 3.8) is 0 Å². The first kappa shape index (κ1) is 24.2. The Morgan fingerprint density at radius 3 is 2.39 bits per heavy atom. The molecule has 0 aliphatic carbocycles. The molecule has 36 heavy (non-hydrogen) atoms. The SMILES string of the molecule is COc1cc2c(cc1OC)[C@H](c1ccccc1Cl)N(C(=O)[C@H]1CC(=O)N(Cc3ccccc3)C1)CC2. The summed E-state index contributed by atoms with van der Waals surface area (Å²) in [5.41, 5.74) is 3.97. The molecule has 0 aromatic heterocycles. The van der Waals surface area contributed by atoms with Crippen molar-refractivity contribution in [2.75, 3.05) is 27.3 Å². The van der Waals surface area contributed by atoms with E-state index in [1.165, 1.54) is 0 Å². The van der Waals surface area contributed by atoms with Gasteiger partial charge in [0.2, 0.25) is 11.8 Å². The number of hydrogen-bond donors (Lipinski definition) is 0. The molecule has 6 nitrogen and oxygen atoms in total. The maximum Gasteiger partial charge on any atom is 0.228 e. The number of hydrogen-bond acceptors (Lipinski definition) is 4. The van der Waals surface area contributed by atoms with E-state index in [0.29, 0.717) is 42.6 Å². The molecule has 2 atom stereocenters. The van der Waals surface area contributed by atoms with E-state index in [1.54, 1.807) is 19.1 Å². The highest BCUT2D eigenvalue weighted by atomic mass is 35.5. The van der Waals surface area contributed by atoms with Gasteiger partial charge >= 0.3 is 0 Å². The molecule has 2 aliphatic rings. The molecule has 1 fully saturated rings. The highest BCUT2D eigenvalue weighted by Gasteiger charge is 2.41. The first-order valence-corrected chi connectivity index (χ1v) is 12.5. The van der Waals surface area contributed by atoms with Crippen molar-refractivity contribution >= 4 is 23.4 Å². The molecule has 2 amide bonds. The Hall–Kier alpha value is -3.51. The lowest BCUT2D eigenvalue weighted by Gasteiger charge is -2.39. The van der Waals surface area contributed by atoms with Crippen LogP contribution in [0.5, 0.6) is 11.5 Å². The molecule has 0 unspecified atom stereocenters. The summed E-state index contributed by atoms with van der Waals surface area (Å²) in [7, 11) is 3.22. The van der Waals surface area contributed by atoms with Crippen molar-refractivity contribution < 1.29 is 19.1 Å². The molecule has 0 radical (unpaired) electrons. The molecule has 186 valence electrons. The second-order valence-corrected chi connectivity index (χ2v) is 9.68. The Labute approximate surface area is 216 Å². The molecule has 7 heteroatoms. The van der Waals surface area contributed by atoms with Crippen LogP contribution in [0.3, 0.4) is 0 Å². The summed E-state index contributed by atoms with van der Waals surface area (Å²) in [6.07, 6.45) is 0.896. The number of ether oxygens (including phenoxy) is 2. The van der Waals surface area contributed by atoms with E-state index in [4.69, 9.17) is 21.1 Å². The summed E-state index contributed by atoms with van der Waals surface area (Å²) in [5.74, 6) is 0.854. The largest absolute Gasteiger partial charge is 0.493 e.